The molecule has 3 N–H and O–H groups in total. The fraction of sp³-hybridized carbons (Fsp3) is 0.538. The summed E-state index contributed by atoms with van der Waals surface area (Å²) < 4.78 is 22.9. The molecule has 1 aromatic carbocycles. The molecule has 0 radical (unpaired) electrons. The first-order valence-electron chi connectivity index (χ1n) is 6.37. The van der Waals surface area contributed by atoms with E-state index >= 15 is 0 Å². The van der Waals surface area contributed by atoms with Gasteiger partial charge in [-0.3, -0.25) is 0 Å². The molecule has 0 unspecified atom stereocenters. The SMILES string of the molecule is Cc1c(NC2CCCCC2)cccc1S(N)(=O)=O. The number of nitrogens with two attached hydrogens (primary N) is 1. The van der Waals surface area contributed by atoms with E-state index in [1.165, 1.54) is 19.3 Å². The van der Waals surface area contributed by atoms with E-state index in [0.29, 0.717) is 11.6 Å². The summed E-state index contributed by atoms with van der Waals surface area (Å²) in [4.78, 5) is 0.211. The zero-order chi connectivity index (χ0) is 13.2. The number of nitrogens with one attached hydrogen (secondary N) is 1. The quantitative estimate of drug-likeness (QED) is 0.884. The molecule has 1 aliphatic rings. The zero-order valence-electron chi connectivity index (χ0n) is 10.6. The third kappa shape index (κ3) is 3.03. The highest BCUT2D eigenvalue weighted by atomic mass is 32.2. The predicted molar refractivity (Wildman–Crippen MR) is 73.0 cm³/mol. The summed E-state index contributed by atoms with van der Waals surface area (Å²) in [6.07, 6.45) is 6.09. The highest BCUT2D eigenvalue weighted by molar-refractivity contribution is 7.89. The lowest BCUT2D eigenvalue weighted by molar-refractivity contribution is 0.462. The maximum Gasteiger partial charge on any atom is 0.238 e. The molecular weight excluding hydrogens is 248 g/mol. The summed E-state index contributed by atoms with van der Waals surface area (Å²) in [6.45, 7) is 1.80. The van der Waals surface area contributed by atoms with E-state index < -0.39 is 10.0 Å². The number of rotatable bonds is 3. The van der Waals surface area contributed by atoms with Crippen molar-refractivity contribution in [2.24, 2.45) is 5.14 Å². The lowest BCUT2D eigenvalue weighted by Crippen LogP contribution is -2.23. The van der Waals surface area contributed by atoms with Gasteiger partial charge < -0.3 is 5.32 Å². The molecule has 4 nitrogen and oxygen atoms in total. The van der Waals surface area contributed by atoms with Crippen LogP contribution < -0.4 is 10.5 Å². The third-order valence-corrected chi connectivity index (χ3v) is 4.61. The van der Waals surface area contributed by atoms with Crippen molar-refractivity contribution in [3.05, 3.63) is 23.8 Å². The topological polar surface area (TPSA) is 72.2 Å². The maximum absolute atomic E-state index is 11.4. The van der Waals surface area contributed by atoms with Gasteiger partial charge in [-0.2, -0.15) is 0 Å². The molecule has 0 saturated heterocycles. The molecule has 1 aliphatic carbocycles. The summed E-state index contributed by atoms with van der Waals surface area (Å²) in [5.74, 6) is 0. The maximum atomic E-state index is 11.4. The molecule has 2 rings (SSSR count). The minimum absolute atomic E-state index is 0.211. The van der Waals surface area contributed by atoms with Gasteiger partial charge in [0.15, 0.2) is 0 Å². The van der Waals surface area contributed by atoms with Gasteiger partial charge in [0.2, 0.25) is 10.0 Å². The number of benzene rings is 1. The van der Waals surface area contributed by atoms with Crippen LogP contribution in [0.3, 0.4) is 0 Å². The molecule has 0 atom stereocenters. The van der Waals surface area contributed by atoms with E-state index in [1.54, 1.807) is 19.1 Å². The molecule has 18 heavy (non-hydrogen) atoms. The minimum Gasteiger partial charge on any atom is -0.382 e. The van der Waals surface area contributed by atoms with E-state index in [4.69, 9.17) is 5.14 Å². The minimum atomic E-state index is -3.64. The number of anilines is 1. The predicted octanol–water partition coefficient (Wildman–Crippen LogP) is 2.39. The van der Waals surface area contributed by atoms with E-state index in [2.05, 4.69) is 5.32 Å². The molecule has 1 saturated carbocycles. The molecule has 0 amide bonds. The average molecular weight is 268 g/mol. The fourth-order valence-electron chi connectivity index (χ4n) is 2.55. The van der Waals surface area contributed by atoms with Crippen LogP contribution in [0.15, 0.2) is 23.1 Å². The highest BCUT2D eigenvalue weighted by Crippen LogP contribution is 2.26. The summed E-state index contributed by atoms with van der Waals surface area (Å²) in [5, 5.41) is 8.65. The van der Waals surface area contributed by atoms with E-state index in [-0.39, 0.29) is 4.90 Å². The Morgan fingerprint density at radius 3 is 2.50 bits per heavy atom. The summed E-state index contributed by atoms with van der Waals surface area (Å²) >= 11 is 0. The van der Waals surface area contributed by atoms with Crippen LogP contribution in [0.1, 0.15) is 37.7 Å². The van der Waals surface area contributed by atoms with E-state index in [0.717, 1.165) is 18.5 Å². The monoisotopic (exact) mass is 268 g/mol. The Hall–Kier alpha value is -1.07. The molecule has 0 bridgehead atoms. The second-order valence-electron chi connectivity index (χ2n) is 4.95. The van der Waals surface area contributed by atoms with Gasteiger partial charge in [-0.05, 0) is 37.5 Å². The van der Waals surface area contributed by atoms with Crippen molar-refractivity contribution in [3.8, 4) is 0 Å². The van der Waals surface area contributed by atoms with Crippen molar-refractivity contribution < 1.29 is 8.42 Å². The first-order valence-corrected chi connectivity index (χ1v) is 7.92. The summed E-state index contributed by atoms with van der Waals surface area (Å²) in [6, 6.07) is 5.65. The molecule has 5 heteroatoms. The molecule has 0 heterocycles. The van der Waals surface area contributed by atoms with Gasteiger partial charge in [0.1, 0.15) is 0 Å². The first kappa shape index (κ1) is 13.4. The van der Waals surface area contributed by atoms with Crippen molar-refractivity contribution in [2.45, 2.75) is 50.0 Å². The van der Waals surface area contributed by atoms with Gasteiger partial charge in [-0.15, -0.1) is 0 Å². The van der Waals surface area contributed by atoms with Gasteiger partial charge in [-0.25, -0.2) is 13.6 Å². The van der Waals surface area contributed by atoms with Crippen molar-refractivity contribution in [1.82, 2.24) is 0 Å². The Morgan fingerprint density at radius 2 is 1.89 bits per heavy atom. The van der Waals surface area contributed by atoms with Crippen molar-refractivity contribution in [1.29, 1.82) is 0 Å². The van der Waals surface area contributed by atoms with Gasteiger partial charge in [-0.1, -0.05) is 25.3 Å². The molecule has 0 aromatic heterocycles. The van der Waals surface area contributed by atoms with Crippen molar-refractivity contribution in [3.63, 3.8) is 0 Å². The summed E-state index contributed by atoms with van der Waals surface area (Å²) in [7, 11) is -3.64. The van der Waals surface area contributed by atoms with Gasteiger partial charge in [0, 0.05) is 11.7 Å². The second-order valence-corrected chi connectivity index (χ2v) is 6.48. The molecule has 100 valence electrons. The summed E-state index contributed by atoms with van der Waals surface area (Å²) in [5.41, 5.74) is 1.60. The number of primary sulfonamides is 1. The standard InChI is InChI=1S/C13H20N2O2S/c1-10-12(15-11-6-3-2-4-7-11)8-5-9-13(10)18(14,16)17/h5,8-9,11,15H,2-4,6-7H2,1H3,(H2,14,16,17). The van der Waals surface area contributed by atoms with Crippen molar-refractivity contribution >= 4 is 15.7 Å². The molecule has 0 aliphatic heterocycles. The van der Waals surface area contributed by atoms with Gasteiger partial charge >= 0.3 is 0 Å². The number of hydrogen-bond donors (Lipinski definition) is 2. The van der Waals surface area contributed by atoms with Crippen LogP contribution in [0, 0.1) is 6.92 Å². The van der Waals surface area contributed by atoms with Crippen molar-refractivity contribution in [2.75, 3.05) is 5.32 Å². The largest absolute Gasteiger partial charge is 0.382 e. The van der Waals surface area contributed by atoms with Crippen LogP contribution >= 0.6 is 0 Å². The molecule has 1 fully saturated rings. The van der Waals surface area contributed by atoms with Crippen LogP contribution in [0.4, 0.5) is 5.69 Å². The first-order chi connectivity index (χ1) is 8.48. The Balaban J connectivity index is 2.23. The van der Waals surface area contributed by atoms with E-state index in [1.807, 2.05) is 6.07 Å². The Morgan fingerprint density at radius 1 is 1.22 bits per heavy atom. The van der Waals surface area contributed by atoms with Crippen LogP contribution in [-0.4, -0.2) is 14.5 Å². The molecule has 1 aromatic rings. The Kier molecular flexibility index (Phi) is 3.92. The number of sulfonamides is 1. The molecule has 0 spiro atoms. The Bertz CT molecular complexity index is 520. The van der Waals surface area contributed by atoms with E-state index in [9.17, 15) is 8.42 Å². The number of hydrogen-bond acceptors (Lipinski definition) is 3. The smallest absolute Gasteiger partial charge is 0.238 e. The van der Waals surface area contributed by atoms with Crippen LogP contribution in [0.5, 0.6) is 0 Å². The van der Waals surface area contributed by atoms with Crippen LogP contribution in [-0.2, 0) is 10.0 Å². The average Bonchev–Trinajstić information content (AvgIpc) is 2.32. The zero-order valence-corrected chi connectivity index (χ0v) is 11.5. The highest BCUT2D eigenvalue weighted by Gasteiger charge is 2.17. The van der Waals surface area contributed by atoms with Gasteiger partial charge in [0.05, 0.1) is 4.90 Å². The van der Waals surface area contributed by atoms with Crippen LogP contribution in [0.2, 0.25) is 0 Å². The van der Waals surface area contributed by atoms with Crippen LogP contribution in [0.25, 0.3) is 0 Å². The molecular formula is C13H20N2O2S. The second kappa shape index (κ2) is 5.28. The third-order valence-electron chi connectivity index (χ3n) is 3.56. The Labute approximate surface area is 109 Å². The lowest BCUT2D eigenvalue weighted by Gasteiger charge is -2.25. The lowest BCUT2D eigenvalue weighted by atomic mass is 9.95. The normalized spacial score (nSPS) is 17.7. The fourth-order valence-corrected chi connectivity index (χ4v) is 3.35. The van der Waals surface area contributed by atoms with Gasteiger partial charge in [0.25, 0.3) is 0 Å².